The van der Waals surface area contributed by atoms with Gasteiger partial charge in [-0.05, 0) is 48.4 Å². The van der Waals surface area contributed by atoms with Crippen molar-refractivity contribution in [1.29, 1.82) is 0 Å². The molecule has 1 fully saturated rings. The Morgan fingerprint density at radius 2 is 2.15 bits per heavy atom. The Morgan fingerprint density at radius 3 is 2.90 bits per heavy atom. The number of nitrogens with two attached hydrogens (primary N) is 1. The summed E-state index contributed by atoms with van der Waals surface area (Å²) in [7, 11) is 0. The Bertz CT molecular complexity index is 536. The SMILES string of the molecule is CC1(C)CCCCC1C(=O)N1CCc2cc(N)ccc21. The molecule has 1 aromatic rings. The summed E-state index contributed by atoms with van der Waals surface area (Å²) >= 11 is 0. The van der Waals surface area contributed by atoms with Crippen LogP contribution in [0.2, 0.25) is 0 Å². The highest BCUT2D eigenvalue weighted by molar-refractivity contribution is 5.97. The molecular formula is C17H24N2O. The molecule has 3 nitrogen and oxygen atoms in total. The zero-order valence-corrected chi connectivity index (χ0v) is 12.5. The molecule has 0 aromatic heterocycles. The van der Waals surface area contributed by atoms with Gasteiger partial charge >= 0.3 is 0 Å². The number of nitrogens with zero attached hydrogens (tertiary/aromatic N) is 1. The normalized spacial score (nSPS) is 24.5. The van der Waals surface area contributed by atoms with Crippen LogP contribution in [0.15, 0.2) is 18.2 Å². The van der Waals surface area contributed by atoms with Crippen molar-refractivity contribution in [3.8, 4) is 0 Å². The van der Waals surface area contributed by atoms with Gasteiger partial charge in [-0.2, -0.15) is 0 Å². The van der Waals surface area contributed by atoms with E-state index < -0.39 is 0 Å². The lowest BCUT2D eigenvalue weighted by atomic mass is 9.68. The van der Waals surface area contributed by atoms with E-state index in [0.717, 1.165) is 37.2 Å². The van der Waals surface area contributed by atoms with Gasteiger partial charge in [0.1, 0.15) is 0 Å². The Morgan fingerprint density at radius 1 is 1.35 bits per heavy atom. The molecule has 3 heteroatoms. The van der Waals surface area contributed by atoms with Gasteiger partial charge in [-0.15, -0.1) is 0 Å². The lowest BCUT2D eigenvalue weighted by Crippen LogP contribution is -2.43. The molecule has 1 aromatic carbocycles. The number of anilines is 2. The summed E-state index contributed by atoms with van der Waals surface area (Å²) in [5.74, 6) is 0.484. The Hall–Kier alpha value is -1.51. The average Bonchev–Trinajstić information content (AvgIpc) is 2.80. The van der Waals surface area contributed by atoms with Gasteiger partial charge in [0.05, 0.1) is 0 Å². The minimum Gasteiger partial charge on any atom is -0.399 e. The molecule has 1 heterocycles. The average molecular weight is 272 g/mol. The molecule has 3 rings (SSSR count). The molecule has 1 aliphatic heterocycles. The van der Waals surface area contributed by atoms with Gasteiger partial charge in [0.15, 0.2) is 0 Å². The summed E-state index contributed by atoms with van der Waals surface area (Å²) < 4.78 is 0. The minimum absolute atomic E-state index is 0.131. The molecule has 1 saturated carbocycles. The Balaban J connectivity index is 1.86. The van der Waals surface area contributed by atoms with Crippen LogP contribution in [0, 0.1) is 11.3 Å². The van der Waals surface area contributed by atoms with Gasteiger partial charge in [0.2, 0.25) is 5.91 Å². The molecule has 0 radical (unpaired) electrons. The Labute approximate surface area is 121 Å². The highest BCUT2D eigenvalue weighted by Crippen LogP contribution is 2.43. The third-order valence-corrected chi connectivity index (χ3v) is 5.07. The molecule has 2 N–H and O–H groups in total. The summed E-state index contributed by atoms with van der Waals surface area (Å²) in [5, 5.41) is 0. The second-order valence-electron chi connectivity index (χ2n) is 6.91. The number of rotatable bonds is 1. The zero-order valence-electron chi connectivity index (χ0n) is 12.5. The molecule has 2 aliphatic rings. The van der Waals surface area contributed by atoms with Crippen LogP contribution in [0.3, 0.4) is 0 Å². The van der Waals surface area contributed by atoms with Crippen LogP contribution < -0.4 is 10.6 Å². The van der Waals surface area contributed by atoms with Crippen LogP contribution in [0.25, 0.3) is 0 Å². The van der Waals surface area contributed by atoms with E-state index in [4.69, 9.17) is 5.73 Å². The third-order valence-electron chi connectivity index (χ3n) is 5.07. The van der Waals surface area contributed by atoms with Gasteiger partial charge in [0, 0.05) is 23.8 Å². The summed E-state index contributed by atoms with van der Waals surface area (Å²) in [6.45, 7) is 5.30. The summed E-state index contributed by atoms with van der Waals surface area (Å²) in [6, 6.07) is 5.91. The smallest absolute Gasteiger partial charge is 0.230 e. The number of carbonyl (C=O) groups excluding carboxylic acids is 1. The van der Waals surface area contributed by atoms with Crippen LogP contribution >= 0.6 is 0 Å². The maximum atomic E-state index is 13.0. The van der Waals surface area contributed by atoms with Gasteiger partial charge in [-0.25, -0.2) is 0 Å². The minimum atomic E-state index is 0.131. The molecule has 1 unspecified atom stereocenters. The van der Waals surface area contributed by atoms with Crippen LogP contribution in [-0.4, -0.2) is 12.5 Å². The van der Waals surface area contributed by atoms with E-state index in [1.807, 2.05) is 23.1 Å². The van der Waals surface area contributed by atoms with Crippen LogP contribution in [-0.2, 0) is 11.2 Å². The lowest BCUT2D eigenvalue weighted by molar-refractivity contribution is -0.127. The summed E-state index contributed by atoms with van der Waals surface area (Å²) in [6.07, 6.45) is 5.56. The fraction of sp³-hybridized carbons (Fsp3) is 0.588. The monoisotopic (exact) mass is 272 g/mol. The van der Waals surface area contributed by atoms with Gasteiger partial charge in [-0.3, -0.25) is 4.79 Å². The number of carbonyl (C=O) groups is 1. The first kappa shape index (κ1) is 13.5. The maximum absolute atomic E-state index is 13.0. The van der Waals surface area contributed by atoms with Crippen molar-refractivity contribution in [3.05, 3.63) is 23.8 Å². The first-order chi connectivity index (χ1) is 9.49. The van der Waals surface area contributed by atoms with Crippen molar-refractivity contribution in [2.45, 2.75) is 46.0 Å². The molecule has 1 amide bonds. The van der Waals surface area contributed by atoms with Crippen LogP contribution in [0.1, 0.15) is 45.1 Å². The number of amides is 1. The van der Waals surface area contributed by atoms with Crippen molar-refractivity contribution in [2.24, 2.45) is 11.3 Å². The number of benzene rings is 1. The number of nitrogen functional groups attached to an aromatic ring is 1. The van der Waals surface area contributed by atoms with Crippen LogP contribution in [0.4, 0.5) is 11.4 Å². The lowest BCUT2D eigenvalue weighted by Gasteiger charge is -2.39. The first-order valence-corrected chi connectivity index (χ1v) is 7.69. The highest BCUT2D eigenvalue weighted by atomic mass is 16.2. The number of hydrogen-bond acceptors (Lipinski definition) is 2. The van der Waals surface area contributed by atoms with Crippen LogP contribution in [0.5, 0.6) is 0 Å². The fourth-order valence-electron chi connectivity index (χ4n) is 3.79. The van der Waals surface area contributed by atoms with E-state index in [9.17, 15) is 4.79 Å². The second kappa shape index (κ2) is 4.80. The van der Waals surface area contributed by atoms with E-state index in [0.29, 0.717) is 5.91 Å². The zero-order chi connectivity index (χ0) is 14.3. The second-order valence-corrected chi connectivity index (χ2v) is 6.91. The van der Waals surface area contributed by atoms with E-state index in [1.54, 1.807) is 0 Å². The predicted octanol–water partition coefficient (Wildman–Crippen LogP) is 3.37. The highest BCUT2D eigenvalue weighted by Gasteiger charge is 2.40. The third kappa shape index (κ3) is 2.19. The van der Waals surface area contributed by atoms with Gasteiger partial charge in [0.25, 0.3) is 0 Å². The quantitative estimate of drug-likeness (QED) is 0.797. The maximum Gasteiger partial charge on any atom is 0.230 e. The molecule has 1 aliphatic carbocycles. The summed E-state index contributed by atoms with van der Waals surface area (Å²) in [4.78, 5) is 15.0. The van der Waals surface area contributed by atoms with E-state index in [2.05, 4.69) is 13.8 Å². The number of hydrogen-bond donors (Lipinski definition) is 1. The van der Waals surface area contributed by atoms with E-state index >= 15 is 0 Å². The topological polar surface area (TPSA) is 46.3 Å². The molecular weight excluding hydrogens is 248 g/mol. The molecule has 20 heavy (non-hydrogen) atoms. The Kier molecular flexibility index (Phi) is 3.23. The van der Waals surface area contributed by atoms with E-state index in [-0.39, 0.29) is 11.3 Å². The summed E-state index contributed by atoms with van der Waals surface area (Å²) in [5.41, 5.74) is 9.04. The fourth-order valence-corrected chi connectivity index (χ4v) is 3.79. The molecule has 0 spiro atoms. The standard InChI is InChI=1S/C17H24N2O/c1-17(2)9-4-3-5-14(17)16(20)19-10-8-12-11-13(18)6-7-15(12)19/h6-7,11,14H,3-5,8-10,18H2,1-2H3. The van der Waals surface area contributed by atoms with Crippen molar-refractivity contribution in [2.75, 3.05) is 17.2 Å². The number of fused-ring (bicyclic) bond motifs is 1. The van der Waals surface area contributed by atoms with Crippen molar-refractivity contribution in [1.82, 2.24) is 0 Å². The molecule has 0 saturated heterocycles. The predicted molar refractivity (Wildman–Crippen MR) is 82.7 cm³/mol. The van der Waals surface area contributed by atoms with E-state index in [1.165, 1.54) is 18.4 Å². The van der Waals surface area contributed by atoms with Crippen molar-refractivity contribution < 1.29 is 4.79 Å². The molecule has 108 valence electrons. The first-order valence-electron chi connectivity index (χ1n) is 7.69. The molecule has 1 atom stereocenters. The van der Waals surface area contributed by atoms with Crippen molar-refractivity contribution >= 4 is 17.3 Å². The van der Waals surface area contributed by atoms with Gasteiger partial charge in [-0.1, -0.05) is 26.7 Å². The molecule has 0 bridgehead atoms. The van der Waals surface area contributed by atoms with Crippen molar-refractivity contribution in [3.63, 3.8) is 0 Å². The van der Waals surface area contributed by atoms with Gasteiger partial charge < -0.3 is 10.6 Å². The largest absolute Gasteiger partial charge is 0.399 e.